The second-order valence-corrected chi connectivity index (χ2v) is 6.16. The summed E-state index contributed by atoms with van der Waals surface area (Å²) in [5.41, 5.74) is 1.66. The van der Waals surface area contributed by atoms with Crippen molar-refractivity contribution in [1.82, 2.24) is 4.90 Å². The van der Waals surface area contributed by atoms with Gasteiger partial charge in [0.25, 0.3) is 0 Å². The van der Waals surface area contributed by atoms with Crippen molar-refractivity contribution in [1.29, 1.82) is 0 Å². The number of hydrogen-bond donors (Lipinski definition) is 1. The number of hydrogen-bond acceptors (Lipinski definition) is 2. The van der Waals surface area contributed by atoms with Crippen molar-refractivity contribution in [3.63, 3.8) is 0 Å². The molecule has 1 aliphatic carbocycles. The summed E-state index contributed by atoms with van der Waals surface area (Å²) >= 11 is 0. The molecule has 0 bridgehead atoms. The maximum atomic E-state index is 10.2. The topological polar surface area (TPSA) is 23.5 Å². The summed E-state index contributed by atoms with van der Waals surface area (Å²) < 4.78 is 0. The molecule has 2 fully saturated rings. The summed E-state index contributed by atoms with van der Waals surface area (Å²) in [7, 11) is 0. The minimum Gasteiger partial charge on any atom is -0.387 e. The van der Waals surface area contributed by atoms with Crippen LogP contribution in [0.25, 0.3) is 0 Å². The van der Waals surface area contributed by atoms with Crippen molar-refractivity contribution in [2.45, 2.75) is 38.2 Å². The van der Waals surface area contributed by atoms with E-state index in [4.69, 9.17) is 0 Å². The molecule has 1 aliphatic heterocycles. The Labute approximate surface area is 110 Å². The number of β-amino-alcohol motifs (C(OH)–C–C–N with tert-alkyl or cyclic N) is 1. The third kappa shape index (κ3) is 2.45. The van der Waals surface area contributed by atoms with Gasteiger partial charge in [0.1, 0.15) is 0 Å². The number of rotatable bonds is 3. The van der Waals surface area contributed by atoms with Gasteiger partial charge in [-0.05, 0) is 23.8 Å². The van der Waals surface area contributed by atoms with Gasteiger partial charge in [-0.15, -0.1) is 0 Å². The highest BCUT2D eigenvalue weighted by molar-refractivity contribution is 5.17. The summed E-state index contributed by atoms with van der Waals surface area (Å²) in [5.74, 6) is 0. The average molecular weight is 245 g/mol. The molecule has 18 heavy (non-hydrogen) atoms. The Morgan fingerprint density at radius 3 is 2.39 bits per heavy atom. The monoisotopic (exact) mass is 245 g/mol. The molecule has 0 amide bonds. The molecule has 1 saturated heterocycles. The largest absolute Gasteiger partial charge is 0.387 e. The van der Waals surface area contributed by atoms with Crippen LogP contribution in [0.2, 0.25) is 0 Å². The van der Waals surface area contributed by atoms with E-state index in [9.17, 15) is 5.11 Å². The van der Waals surface area contributed by atoms with Crippen LogP contribution in [0.5, 0.6) is 0 Å². The highest BCUT2D eigenvalue weighted by atomic mass is 16.3. The molecule has 2 aliphatic rings. The van der Waals surface area contributed by atoms with Gasteiger partial charge in [-0.1, -0.05) is 49.6 Å². The fourth-order valence-corrected chi connectivity index (χ4v) is 3.67. The van der Waals surface area contributed by atoms with Gasteiger partial charge in [0.05, 0.1) is 6.10 Å². The SMILES string of the molecule is OC(CN1CC2(CCCCC2)C1)c1ccccc1. The number of likely N-dealkylation sites (tertiary alicyclic amines) is 1. The Morgan fingerprint density at radius 2 is 1.72 bits per heavy atom. The molecule has 1 unspecified atom stereocenters. The highest BCUT2D eigenvalue weighted by Crippen LogP contribution is 2.44. The lowest BCUT2D eigenvalue weighted by Crippen LogP contribution is -2.57. The van der Waals surface area contributed by atoms with Crippen LogP contribution in [0.1, 0.15) is 43.8 Å². The van der Waals surface area contributed by atoms with E-state index in [2.05, 4.69) is 4.90 Å². The van der Waals surface area contributed by atoms with Crippen LogP contribution in [-0.4, -0.2) is 29.6 Å². The number of aliphatic hydroxyl groups is 1. The van der Waals surface area contributed by atoms with Crippen molar-refractivity contribution >= 4 is 0 Å². The first-order valence-corrected chi connectivity index (χ1v) is 7.23. The van der Waals surface area contributed by atoms with Gasteiger partial charge in [-0.2, -0.15) is 0 Å². The molecule has 1 saturated carbocycles. The second kappa shape index (κ2) is 5.02. The standard InChI is InChI=1S/C16H23NO/c18-15(14-7-3-1-4-8-14)11-17-12-16(13-17)9-5-2-6-10-16/h1,3-4,7-8,15,18H,2,5-6,9-13H2. The minimum atomic E-state index is -0.327. The second-order valence-electron chi connectivity index (χ2n) is 6.16. The van der Waals surface area contributed by atoms with Gasteiger partial charge >= 0.3 is 0 Å². The Balaban J connectivity index is 1.51. The molecule has 98 valence electrons. The van der Waals surface area contributed by atoms with E-state index in [1.165, 1.54) is 45.2 Å². The molecule has 1 atom stereocenters. The maximum Gasteiger partial charge on any atom is 0.0916 e. The van der Waals surface area contributed by atoms with Crippen molar-refractivity contribution in [2.24, 2.45) is 5.41 Å². The predicted octanol–water partition coefficient (Wildman–Crippen LogP) is 2.99. The zero-order valence-electron chi connectivity index (χ0n) is 11.0. The fraction of sp³-hybridized carbons (Fsp3) is 0.625. The normalized spacial score (nSPS) is 24.7. The molecule has 2 heteroatoms. The van der Waals surface area contributed by atoms with E-state index >= 15 is 0 Å². The van der Waals surface area contributed by atoms with Crippen LogP contribution in [0.3, 0.4) is 0 Å². The Bertz CT molecular complexity index is 375. The Hall–Kier alpha value is -0.860. The van der Waals surface area contributed by atoms with Gasteiger partial charge in [0, 0.05) is 19.6 Å². The van der Waals surface area contributed by atoms with E-state index in [1.807, 2.05) is 30.3 Å². The quantitative estimate of drug-likeness (QED) is 0.885. The van der Waals surface area contributed by atoms with Crippen LogP contribution in [0.15, 0.2) is 30.3 Å². The third-order valence-corrected chi connectivity index (χ3v) is 4.65. The average Bonchev–Trinajstić information content (AvgIpc) is 2.39. The lowest BCUT2D eigenvalue weighted by molar-refractivity contribution is -0.0497. The van der Waals surface area contributed by atoms with E-state index in [1.54, 1.807) is 0 Å². The molecule has 1 heterocycles. The number of nitrogens with zero attached hydrogens (tertiary/aromatic N) is 1. The van der Waals surface area contributed by atoms with Crippen LogP contribution in [0, 0.1) is 5.41 Å². The molecule has 1 spiro atoms. The number of benzene rings is 1. The van der Waals surface area contributed by atoms with Gasteiger partial charge in [0.2, 0.25) is 0 Å². The molecule has 0 aromatic heterocycles. The molecule has 1 aromatic carbocycles. The van der Waals surface area contributed by atoms with Crippen LogP contribution < -0.4 is 0 Å². The van der Waals surface area contributed by atoms with Gasteiger partial charge in [0.15, 0.2) is 0 Å². The van der Waals surface area contributed by atoms with Crippen molar-refractivity contribution < 1.29 is 5.11 Å². The minimum absolute atomic E-state index is 0.327. The molecule has 0 radical (unpaired) electrons. The smallest absolute Gasteiger partial charge is 0.0916 e. The molecule has 1 N–H and O–H groups in total. The fourth-order valence-electron chi connectivity index (χ4n) is 3.67. The summed E-state index contributed by atoms with van der Waals surface area (Å²) in [4.78, 5) is 2.42. The van der Waals surface area contributed by atoms with E-state index in [0.717, 1.165) is 12.1 Å². The summed E-state index contributed by atoms with van der Waals surface area (Å²) in [5, 5.41) is 10.2. The summed E-state index contributed by atoms with van der Waals surface area (Å²) in [6, 6.07) is 10.0. The van der Waals surface area contributed by atoms with Gasteiger partial charge < -0.3 is 5.11 Å². The highest BCUT2D eigenvalue weighted by Gasteiger charge is 2.43. The molecule has 1 aromatic rings. The van der Waals surface area contributed by atoms with E-state index in [0.29, 0.717) is 5.41 Å². The van der Waals surface area contributed by atoms with Crippen molar-refractivity contribution in [3.05, 3.63) is 35.9 Å². The van der Waals surface area contributed by atoms with Crippen LogP contribution in [0.4, 0.5) is 0 Å². The van der Waals surface area contributed by atoms with Gasteiger partial charge in [-0.25, -0.2) is 0 Å². The maximum absolute atomic E-state index is 10.2. The van der Waals surface area contributed by atoms with Gasteiger partial charge in [-0.3, -0.25) is 4.90 Å². The lowest BCUT2D eigenvalue weighted by atomic mass is 9.68. The lowest BCUT2D eigenvalue weighted by Gasteiger charge is -2.53. The third-order valence-electron chi connectivity index (χ3n) is 4.65. The number of aliphatic hydroxyl groups excluding tert-OH is 1. The first kappa shape index (κ1) is 12.2. The summed E-state index contributed by atoms with van der Waals surface area (Å²) in [6.45, 7) is 3.21. The van der Waals surface area contributed by atoms with E-state index in [-0.39, 0.29) is 6.10 Å². The zero-order valence-corrected chi connectivity index (χ0v) is 11.0. The van der Waals surface area contributed by atoms with Crippen LogP contribution >= 0.6 is 0 Å². The van der Waals surface area contributed by atoms with Crippen molar-refractivity contribution in [3.8, 4) is 0 Å². The molecular formula is C16H23NO. The molecular weight excluding hydrogens is 222 g/mol. The van der Waals surface area contributed by atoms with E-state index < -0.39 is 0 Å². The first-order chi connectivity index (χ1) is 8.77. The predicted molar refractivity (Wildman–Crippen MR) is 73.4 cm³/mol. The molecule has 2 nitrogen and oxygen atoms in total. The Morgan fingerprint density at radius 1 is 1.06 bits per heavy atom. The Kier molecular flexibility index (Phi) is 3.40. The van der Waals surface area contributed by atoms with Crippen LogP contribution in [-0.2, 0) is 0 Å². The summed E-state index contributed by atoms with van der Waals surface area (Å²) in [6.07, 6.45) is 6.74. The first-order valence-electron chi connectivity index (χ1n) is 7.23. The zero-order chi connectivity index (χ0) is 12.4. The molecule has 3 rings (SSSR count). The van der Waals surface area contributed by atoms with Crippen molar-refractivity contribution in [2.75, 3.05) is 19.6 Å².